The minimum Gasteiger partial charge on any atom is -0.476 e. The predicted octanol–water partition coefficient (Wildman–Crippen LogP) is 2.43. The smallest absolute Gasteiger partial charge is 0.245 e. The molecule has 0 unspecified atom stereocenters. The molecule has 3 aromatic rings. The molecule has 2 aromatic heterocycles. The van der Waals surface area contributed by atoms with Crippen molar-refractivity contribution in [2.45, 2.75) is 13.8 Å². The molecule has 0 fully saturated rings. The maximum atomic E-state index is 11.8. The van der Waals surface area contributed by atoms with Gasteiger partial charge in [0.15, 0.2) is 5.52 Å². The minimum atomic E-state index is -3.35. The Bertz CT molecular complexity index is 1050. The van der Waals surface area contributed by atoms with Crippen molar-refractivity contribution in [3.05, 3.63) is 36.4 Å². The number of ether oxygens (including phenoxy) is 1. The number of sulfonamides is 1. The summed E-state index contributed by atoms with van der Waals surface area (Å²) in [4.78, 5) is 12.8. The number of nitrogens with zero attached hydrogens (tertiary/aromatic N) is 3. The fourth-order valence-corrected chi connectivity index (χ4v) is 3.03. The van der Waals surface area contributed by atoms with E-state index in [1.807, 2.05) is 13.0 Å². The Balaban J connectivity index is 2.05. The van der Waals surface area contributed by atoms with Crippen molar-refractivity contribution in [2.24, 2.45) is 0 Å². The van der Waals surface area contributed by atoms with Gasteiger partial charge in [-0.25, -0.2) is 18.4 Å². The van der Waals surface area contributed by atoms with Crippen LogP contribution in [0.1, 0.15) is 13.8 Å². The first-order valence-corrected chi connectivity index (χ1v) is 9.75. The molecular formula is C17H19N5O3S. The first-order chi connectivity index (χ1) is 12.4. The van der Waals surface area contributed by atoms with Gasteiger partial charge in [-0.2, -0.15) is 4.98 Å². The summed E-state index contributed by atoms with van der Waals surface area (Å²) in [5.41, 5.74) is 8.65. The molecule has 0 aliphatic carbocycles. The van der Waals surface area contributed by atoms with E-state index in [2.05, 4.69) is 19.7 Å². The first-order valence-electron chi connectivity index (χ1n) is 8.10. The summed E-state index contributed by atoms with van der Waals surface area (Å²) in [6.45, 7) is 3.85. The van der Waals surface area contributed by atoms with Crippen LogP contribution in [0.15, 0.2) is 36.4 Å². The third kappa shape index (κ3) is 3.83. The number of hydrogen-bond acceptors (Lipinski definition) is 7. The van der Waals surface area contributed by atoms with Crippen LogP contribution in [0.2, 0.25) is 0 Å². The van der Waals surface area contributed by atoms with E-state index in [4.69, 9.17) is 10.5 Å². The fourth-order valence-electron chi connectivity index (χ4n) is 2.40. The average Bonchev–Trinajstić information content (AvgIpc) is 2.61. The molecule has 26 heavy (non-hydrogen) atoms. The van der Waals surface area contributed by atoms with Crippen LogP contribution in [0, 0.1) is 0 Å². The van der Waals surface area contributed by atoms with Gasteiger partial charge >= 0.3 is 0 Å². The zero-order chi connectivity index (χ0) is 18.7. The standard InChI is InChI=1S/C17H19N5O3S/c1-3-25-16-15-14(20-17(18)21-16)9-8-13(19-15)11-6-5-7-12(10-11)22-26(23,24)4-2/h5-10,22H,3-4H2,1-2H3,(H2,18,20,21). The summed E-state index contributed by atoms with van der Waals surface area (Å²) in [7, 11) is -3.35. The molecule has 0 aliphatic rings. The zero-order valence-electron chi connectivity index (χ0n) is 14.4. The molecule has 9 heteroatoms. The highest BCUT2D eigenvalue weighted by Crippen LogP contribution is 2.27. The molecule has 1 aromatic carbocycles. The Hall–Kier alpha value is -2.94. The Morgan fingerprint density at radius 3 is 2.65 bits per heavy atom. The molecular weight excluding hydrogens is 354 g/mol. The van der Waals surface area contributed by atoms with Crippen molar-refractivity contribution in [1.82, 2.24) is 15.0 Å². The lowest BCUT2D eigenvalue weighted by molar-refractivity contribution is 0.330. The topological polar surface area (TPSA) is 120 Å². The quantitative estimate of drug-likeness (QED) is 0.681. The van der Waals surface area contributed by atoms with Crippen LogP contribution in [-0.2, 0) is 10.0 Å². The van der Waals surface area contributed by atoms with Gasteiger partial charge in [0.25, 0.3) is 0 Å². The van der Waals surface area contributed by atoms with Gasteiger partial charge in [-0.15, -0.1) is 0 Å². The average molecular weight is 373 g/mol. The van der Waals surface area contributed by atoms with E-state index >= 15 is 0 Å². The maximum Gasteiger partial charge on any atom is 0.245 e. The van der Waals surface area contributed by atoms with E-state index in [0.717, 1.165) is 5.56 Å². The highest BCUT2D eigenvalue weighted by Gasteiger charge is 2.12. The van der Waals surface area contributed by atoms with Crippen LogP contribution in [-0.4, -0.2) is 35.7 Å². The van der Waals surface area contributed by atoms with Crippen molar-refractivity contribution >= 4 is 32.7 Å². The maximum absolute atomic E-state index is 11.8. The number of nitrogens with one attached hydrogen (secondary N) is 1. The Kier molecular flexibility index (Phi) is 4.90. The van der Waals surface area contributed by atoms with E-state index < -0.39 is 10.0 Å². The molecule has 3 N–H and O–H groups in total. The Morgan fingerprint density at radius 2 is 1.92 bits per heavy atom. The van der Waals surface area contributed by atoms with Gasteiger partial charge < -0.3 is 10.5 Å². The highest BCUT2D eigenvalue weighted by atomic mass is 32.2. The van der Waals surface area contributed by atoms with Crippen LogP contribution < -0.4 is 15.2 Å². The fraction of sp³-hybridized carbons (Fsp3) is 0.235. The van der Waals surface area contributed by atoms with E-state index in [1.54, 1.807) is 37.3 Å². The number of benzene rings is 1. The van der Waals surface area contributed by atoms with Gasteiger partial charge in [-0.3, -0.25) is 4.72 Å². The summed E-state index contributed by atoms with van der Waals surface area (Å²) < 4.78 is 31.6. The molecule has 0 saturated heterocycles. The third-order valence-electron chi connectivity index (χ3n) is 3.62. The summed E-state index contributed by atoms with van der Waals surface area (Å²) >= 11 is 0. The lowest BCUT2D eigenvalue weighted by Gasteiger charge is -2.10. The first kappa shape index (κ1) is 17.9. The number of aromatic nitrogens is 3. The molecule has 0 spiro atoms. The van der Waals surface area contributed by atoms with Crippen LogP contribution in [0.5, 0.6) is 5.88 Å². The molecule has 0 amide bonds. The second-order valence-electron chi connectivity index (χ2n) is 5.47. The van der Waals surface area contributed by atoms with Gasteiger partial charge in [0.05, 0.1) is 23.6 Å². The minimum absolute atomic E-state index is 0.00191. The molecule has 0 atom stereocenters. The molecule has 3 rings (SSSR count). The summed E-state index contributed by atoms with van der Waals surface area (Å²) in [6, 6.07) is 10.6. The summed E-state index contributed by atoms with van der Waals surface area (Å²) in [5.74, 6) is 0.438. The van der Waals surface area contributed by atoms with Crippen LogP contribution >= 0.6 is 0 Å². The zero-order valence-corrected chi connectivity index (χ0v) is 15.2. The lowest BCUT2D eigenvalue weighted by atomic mass is 10.1. The van der Waals surface area contributed by atoms with Crippen molar-refractivity contribution in [3.63, 3.8) is 0 Å². The molecule has 2 heterocycles. The van der Waals surface area contributed by atoms with E-state index in [0.29, 0.717) is 34.9 Å². The molecule has 136 valence electrons. The Labute approximate surface area is 151 Å². The second-order valence-corrected chi connectivity index (χ2v) is 7.48. The molecule has 0 saturated carbocycles. The number of rotatable bonds is 6. The molecule has 0 aliphatic heterocycles. The monoisotopic (exact) mass is 373 g/mol. The largest absolute Gasteiger partial charge is 0.476 e. The lowest BCUT2D eigenvalue weighted by Crippen LogP contribution is -2.14. The van der Waals surface area contributed by atoms with Gasteiger partial charge in [-0.05, 0) is 38.1 Å². The summed E-state index contributed by atoms with van der Waals surface area (Å²) in [5, 5.41) is 0. The molecule has 0 radical (unpaired) electrons. The van der Waals surface area contributed by atoms with E-state index in [9.17, 15) is 8.42 Å². The van der Waals surface area contributed by atoms with Crippen molar-refractivity contribution < 1.29 is 13.2 Å². The van der Waals surface area contributed by atoms with Crippen molar-refractivity contribution in [2.75, 3.05) is 22.8 Å². The van der Waals surface area contributed by atoms with Crippen LogP contribution in [0.25, 0.3) is 22.3 Å². The van der Waals surface area contributed by atoms with Crippen molar-refractivity contribution in [3.8, 4) is 17.1 Å². The predicted molar refractivity (Wildman–Crippen MR) is 101 cm³/mol. The van der Waals surface area contributed by atoms with Gasteiger partial charge in [0, 0.05) is 11.3 Å². The highest BCUT2D eigenvalue weighted by molar-refractivity contribution is 7.92. The van der Waals surface area contributed by atoms with Gasteiger partial charge in [-0.1, -0.05) is 12.1 Å². The number of anilines is 2. The van der Waals surface area contributed by atoms with Crippen molar-refractivity contribution in [1.29, 1.82) is 0 Å². The number of nitrogens with two attached hydrogens (primary N) is 1. The molecule has 0 bridgehead atoms. The van der Waals surface area contributed by atoms with E-state index in [-0.39, 0.29) is 11.7 Å². The Morgan fingerprint density at radius 1 is 1.12 bits per heavy atom. The number of pyridine rings is 1. The third-order valence-corrected chi connectivity index (χ3v) is 4.93. The normalized spacial score (nSPS) is 11.5. The van der Waals surface area contributed by atoms with Gasteiger partial charge in [0.2, 0.25) is 21.9 Å². The van der Waals surface area contributed by atoms with E-state index in [1.165, 1.54) is 0 Å². The second kappa shape index (κ2) is 7.12. The van der Waals surface area contributed by atoms with Gasteiger partial charge in [0.1, 0.15) is 0 Å². The van der Waals surface area contributed by atoms with Crippen LogP contribution in [0.3, 0.4) is 0 Å². The number of fused-ring (bicyclic) bond motifs is 1. The SMILES string of the molecule is CCOc1nc(N)nc2ccc(-c3cccc(NS(=O)(=O)CC)c3)nc12. The number of hydrogen-bond donors (Lipinski definition) is 2. The molecule has 8 nitrogen and oxygen atoms in total. The number of nitrogen functional groups attached to an aromatic ring is 1. The van der Waals surface area contributed by atoms with Crippen LogP contribution in [0.4, 0.5) is 11.6 Å². The summed E-state index contributed by atoms with van der Waals surface area (Å²) in [6.07, 6.45) is 0.